The zero-order valence-electron chi connectivity index (χ0n) is 21.5. The minimum atomic E-state index is -5.08. The highest BCUT2D eigenvalue weighted by molar-refractivity contribution is 6.30. The molecular weight excluding hydrogens is 609 g/mol. The Morgan fingerprint density at radius 3 is 2.21 bits per heavy atom. The molecule has 1 aromatic carbocycles. The smallest absolute Gasteiger partial charge is 0.485 e. The van der Waals surface area contributed by atoms with Crippen LogP contribution in [0, 0.1) is 18.6 Å². The molecule has 0 spiro atoms. The van der Waals surface area contributed by atoms with Crippen molar-refractivity contribution in [3.8, 4) is 5.75 Å². The Kier molecular flexibility index (Phi) is 11.0. The largest absolute Gasteiger partial charge is 0.490 e. The normalized spacial score (nSPS) is 12.7. The number of carboxylic acid groups (broad SMARTS) is 2. The Morgan fingerprint density at radius 2 is 1.71 bits per heavy atom. The number of imidazole rings is 1. The lowest BCUT2D eigenvalue weighted by atomic mass is 9.98. The van der Waals surface area contributed by atoms with Crippen LogP contribution in [0.4, 0.5) is 35.5 Å². The first kappa shape index (κ1) is 33.9. The SMILES string of the molecule is Cc1nc2c(OCc3c(F)cccc3F)cc(Cl)cn2c1C(=O)NCC(C)(CC(F)F)NC(=O)O.O=C(O)C(F)(F)F. The zero-order valence-corrected chi connectivity index (χ0v) is 22.3. The van der Waals surface area contributed by atoms with Gasteiger partial charge in [0, 0.05) is 25.2 Å². The first-order chi connectivity index (χ1) is 19.3. The average molecular weight is 631 g/mol. The zero-order chi connectivity index (χ0) is 32.0. The molecule has 0 aliphatic rings. The Morgan fingerprint density at radius 1 is 1.14 bits per heavy atom. The molecule has 0 saturated heterocycles. The number of aliphatic carboxylic acids is 1. The number of nitrogens with zero attached hydrogens (tertiary/aromatic N) is 2. The number of aromatic nitrogens is 2. The predicted molar refractivity (Wildman–Crippen MR) is 132 cm³/mol. The van der Waals surface area contributed by atoms with Gasteiger partial charge < -0.3 is 25.6 Å². The molecule has 230 valence electrons. The van der Waals surface area contributed by atoms with Gasteiger partial charge in [-0.05, 0) is 26.0 Å². The Labute approximate surface area is 237 Å². The highest BCUT2D eigenvalue weighted by atomic mass is 35.5. The quantitative estimate of drug-likeness (QED) is 0.238. The second-order valence-electron chi connectivity index (χ2n) is 8.82. The molecule has 42 heavy (non-hydrogen) atoms. The maximum Gasteiger partial charge on any atom is 0.490 e. The van der Waals surface area contributed by atoms with Gasteiger partial charge in [0.1, 0.15) is 23.9 Å². The van der Waals surface area contributed by atoms with Gasteiger partial charge in [-0.2, -0.15) is 13.2 Å². The number of hydrogen-bond donors (Lipinski definition) is 4. The van der Waals surface area contributed by atoms with Crippen molar-refractivity contribution in [1.29, 1.82) is 0 Å². The van der Waals surface area contributed by atoms with E-state index in [2.05, 4.69) is 10.3 Å². The van der Waals surface area contributed by atoms with Crippen molar-refractivity contribution in [2.24, 2.45) is 0 Å². The van der Waals surface area contributed by atoms with Crippen LogP contribution in [0.3, 0.4) is 0 Å². The molecule has 1 unspecified atom stereocenters. The van der Waals surface area contributed by atoms with Crippen LogP contribution < -0.4 is 15.4 Å². The molecule has 10 nitrogen and oxygen atoms in total. The second-order valence-corrected chi connectivity index (χ2v) is 9.26. The third-order valence-corrected chi connectivity index (χ3v) is 5.58. The Bertz CT molecular complexity index is 1450. The summed E-state index contributed by atoms with van der Waals surface area (Å²) in [5, 5.41) is 20.6. The van der Waals surface area contributed by atoms with Crippen LogP contribution in [-0.2, 0) is 11.4 Å². The second kappa shape index (κ2) is 13.6. The van der Waals surface area contributed by atoms with E-state index >= 15 is 0 Å². The number of pyridine rings is 1. The van der Waals surface area contributed by atoms with Gasteiger partial charge in [0.05, 0.1) is 21.8 Å². The number of alkyl halides is 5. The minimum absolute atomic E-state index is 0.0147. The van der Waals surface area contributed by atoms with Gasteiger partial charge in [-0.3, -0.25) is 9.20 Å². The van der Waals surface area contributed by atoms with Crippen molar-refractivity contribution < 1.29 is 60.1 Å². The van der Waals surface area contributed by atoms with E-state index in [1.807, 2.05) is 5.32 Å². The summed E-state index contributed by atoms with van der Waals surface area (Å²) in [5.41, 5.74) is -1.63. The van der Waals surface area contributed by atoms with Crippen molar-refractivity contribution in [2.45, 2.75) is 45.0 Å². The molecule has 2 heterocycles. The third-order valence-electron chi connectivity index (χ3n) is 5.37. The summed E-state index contributed by atoms with van der Waals surface area (Å²) in [7, 11) is 0. The van der Waals surface area contributed by atoms with Gasteiger partial charge in [-0.25, -0.2) is 32.1 Å². The molecule has 3 aromatic rings. The molecule has 0 saturated carbocycles. The predicted octanol–water partition coefficient (Wildman–Crippen LogP) is 5.20. The molecule has 18 heteroatoms. The highest BCUT2D eigenvalue weighted by Crippen LogP contribution is 2.28. The van der Waals surface area contributed by atoms with E-state index in [9.17, 15) is 40.3 Å². The van der Waals surface area contributed by atoms with E-state index in [1.54, 1.807) is 0 Å². The number of rotatable bonds is 9. The highest BCUT2D eigenvalue weighted by Gasteiger charge is 2.38. The lowest BCUT2D eigenvalue weighted by Gasteiger charge is -2.29. The molecule has 2 amide bonds. The molecule has 0 bridgehead atoms. The lowest BCUT2D eigenvalue weighted by Crippen LogP contribution is -2.54. The molecule has 0 radical (unpaired) electrons. The number of ether oxygens (including phenoxy) is 1. The van der Waals surface area contributed by atoms with E-state index in [4.69, 9.17) is 31.3 Å². The summed E-state index contributed by atoms with van der Waals surface area (Å²) < 4.78 is 92.4. The molecule has 0 aliphatic heterocycles. The molecule has 0 aliphatic carbocycles. The van der Waals surface area contributed by atoms with Crippen LogP contribution in [0.25, 0.3) is 5.65 Å². The maximum atomic E-state index is 14.0. The van der Waals surface area contributed by atoms with Crippen LogP contribution in [0.5, 0.6) is 5.75 Å². The van der Waals surface area contributed by atoms with E-state index < -0.39 is 67.3 Å². The summed E-state index contributed by atoms with van der Waals surface area (Å²) in [6.07, 6.45) is -8.90. The van der Waals surface area contributed by atoms with Crippen molar-refractivity contribution in [3.63, 3.8) is 0 Å². The van der Waals surface area contributed by atoms with Crippen LogP contribution in [0.15, 0.2) is 30.5 Å². The summed E-state index contributed by atoms with van der Waals surface area (Å²) >= 11 is 6.15. The molecule has 2 aromatic heterocycles. The number of carboxylic acids is 1. The summed E-state index contributed by atoms with van der Waals surface area (Å²) in [4.78, 5) is 37.1. The van der Waals surface area contributed by atoms with Crippen LogP contribution in [-0.4, -0.2) is 62.3 Å². The first-order valence-corrected chi connectivity index (χ1v) is 11.8. The Balaban J connectivity index is 0.000000782. The number of nitrogens with one attached hydrogen (secondary N) is 2. The van der Waals surface area contributed by atoms with Crippen molar-refractivity contribution in [1.82, 2.24) is 20.0 Å². The number of aryl methyl sites for hydroxylation is 1. The summed E-state index contributed by atoms with van der Waals surface area (Å²) in [6, 6.07) is 4.74. The fourth-order valence-electron chi connectivity index (χ4n) is 3.52. The number of hydrogen-bond acceptors (Lipinski definition) is 5. The van der Waals surface area contributed by atoms with E-state index in [0.29, 0.717) is 0 Å². The van der Waals surface area contributed by atoms with E-state index in [-0.39, 0.29) is 33.4 Å². The molecule has 1 atom stereocenters. The number of fused-ring (bicyclic) bond motifs is 1. The minimum Gasteiger partial charge on any atom is -0.485 e. The van der Waals surface area contributed by atoms with Crippen LogP contribution in [0.2, 0.25) is 5.02 Å². The van der Waals surface area contributed by atoms with E-state index in [1.165, 1.54) is 36.6 Å². The number of carbonyl (C=O) groups is 3. The fourth-order valence-corrected chi connectivity index (χ4v) is 3.72. The molecule has 0 fully saturated rings. The number of carbonyl (C=O) groups excluding carboxylic acids is 1. The van der Waals surface area contributed by atoms with Crippen molar-refractivity contribution >= 4 is 35.2 Å². The van der Waals surface area contributed by atoms with Crippen LogP contribution in [0.1, 0.15) is 35.1 Å². The van der Waals surface area contributed by atoms with E-state index in [0.717, 1.165) is 12.1 Å². The van der Waals surface area contributed by atoms with Gasteiger partial charge >= 0.3 is 18.2 Å². The van der Waals surface area contributed by atoms with Crippen molar-refractivity contribution in [3.05, 3.63) is 64.1 Å². The Hall–Kier alpha value is -4.28. The molecule has 3 rings (SSSR count). The fraction of sp³-hybridized carbons (Fsp3) is 0.333. The summed E-state index contributed by atoms with van der Waals surface area (Å²) in [5.74, 6) is -5.06. The number of halogens is 8. The maximum absolute atomic E-state index is 14.0. The first-order valence-electron chi connectivity index (χ1n) is 11.5. The molecule has 4 N–H and O–H groups in total. The van der Waals surface area contributed by atoms with Gasteiger partial charge in [-0.1, -0.05) is 17.7 Å². The summed E-state index contributed by atoms with van der Waals surface area (Å²) in [6.45, 7) is 1.82. The van der Waals surface area contributed by atoms with Crippen LogP contribution >= 0.6 is 11.6 Å². The van der Waals surface area contributed by atoms with Gasteiger partial charge in [0.15, 0.2) is 11.4 Å². The molecular formula is C24H22ClF7N4O6. The monoisotopic (exact) mass is 630 g/mol. The lowest BCUT2D eigenvalue weighted by molar-refractivity contribution is -0.192. The standard InChI is InChI=1S/C22H21ClF4N4O4.C2HF3O2/c1-11-18(20(32)28-10-22(2,7-17(26)27)30-21(33)34)31-8-12(23)6-16(19(31)29-11)35-9-13-14(24)4-3-5-15(13)25;3-2(4,5)1(6)7/h3-6,8,17,30H,7,9-10H2,1-2H3,(H,28,32)(H,33,34);(H,6,7). The van der Waals surface area contributed by atoms with Gasteiger partial charge in [0.25, 0.3) is 5.91 Å². The van der Waals surface area contributed by atoms with Gasteiger partial charge in [0.2, 0.25) is 6.43 Å². The van der Waals surface area contributed by atoms with Gasteiger partial charge in [-0.15, -0.1) is 0 Å². The van der Waals surface area contributed by atoms with Crippen molar-refractivity contribution in [2.75, 3.05) is 6.54 Å². The topological polar surface area (TPSA) is 142 Å². The average Bonchev–Trinajstić information content (AvgIpc) is 3.16. The third kappa shape index (κ3) is 9.12. The number of amides is 2. The number of benzene rings is 1.